The fraction of sp³-hybridized carbons (Fsp3) is 0.0417. The molecule has 0 aliphatic rings. The zero-order valence-corrected chi connectivity index (χ0v) is 14.8. The Morgan fingerprint density at radius 1 is 0.815 bits per heavy atom. The van der Waals surface area contributed by atoms with Gasteiger partial charge in [0, 0.05) is 16.3 Å². The zero-order chi connectivity index (χ0) is 18.4. The minimum absolute atomic E-state index is 0.255. The van der Waals surface area contributed by atoms with Gasteiger partial charge in [0.15, 0.2) is 0 Å². The number of nitrogens with zero attached hydrogens (tertiary/aromatic N) is 1. The number of halogens is 1. The van der Waals surface area contributed by atoms with Crippen LogP contribution in [-0.4, -0.2) is 9.97 Å². The number of aromatic amines is 1. The summed E-state index contributed by atoms with van der Waals surface area (Å²) in [5, 5.41) is 2.00. The van der Waals surface area contributed by atoms with E-state index >= 15 is 0 Å². The van der Waals surface area contributed by atoms with Gasteiger partial charge in [0.2, 0.25) is 0 Å². The Kier molecular flexibility index (Phi) is 3.54. The van der Waals surface area contributed by atoms with Crippen LogP contribution in [0.3, 0.4) is 0 Å². The number of aromatic nitrogens is 2. The standard InChI is InChI=1S/C24H17FN2/c1-15-7-9-17(10-8-15)21-14-20(16-5-3-2-4-6-16)23-19-12-11-18(25)13-22(19)27-24(23)26-21/h2-14H,1H3,(H,26,27). The van der Waals surface area contributed by atoms with Crippen molar-refractivity contribution in [1.82, 2.24) is 9.97 Å². The SMILES string of the molecule is Cc1ccc(-c2cc(-c3ccccc3)c3c(n2)[nH]c2cc(F)ccc23)cc1. The third-order valence-electron chi connectivity index (χ3n) is 4.96. The Balaban J connectivity index is 1.87. The van der Waals surface area contributed by atoms with Gasteiger partial charge in [-0.15, -0.1) is 0 Å². The fourth-order valence-corrected chi connectivity index (χ4v) is 3.59. The molecule has 0 aliphatic carbocycles. The quantitative estimate of drug-likeness (QED) is 0.386. The zero-order valence-electron chi connectivity index (χ0n) is 14.8. The molecule has 0 fully saturated rings. The van der Waals surface area contributed by atoms with Crippen LogP contribution in [0.4, 0.5) is 4.39 Å². The normalized spacial score (nSPS) is 11.3. The molecule has 130 valence electrons. The van der Waals surface area contributed by atoms with Crippen molar-refractivity contribution < 1.29 is 4.39 Å². The summed E-state index contributed by atoms with van der Waals surface area (Å²) in [7, 11) is 0. The molecular weight excluding hydrogens is 335 g/mol. The Morgan fingerprint density at radius 3 is 2.37 bits per heavy atom. The van der Waals surface area contributed by atoms with E-state index in [-0.39, 0.29) is 5.82 Å². The van der Waals surface area contributed by atoms with Crippen LogP contribution < -0.4 is 0 Å². The molecule has 2 heterocycles. The highest BCUT2D eigenvalue weighted by Crippen LogP contribution is 2.36. The van der Waals surface area contributed by atoms with Crippen molar-refractivity contribution in [1.29, 1.82) is 0 Å². The van der Waals surface area contributed by atoms with Crippen LogP contribution in [0, 0.1) is 12.7 Å². The van der Waals surface area contributed by atoms with Gasteiger partial charge in [-0.25, -0.2) is 9.37 Å². The van der Waals surface area contributed by atoms with E-state index < -0.39 is 0 Å². The molecule has 0 spiro atoms. The number of fused-ring (bicyclic) bond motifs is 3. The highest BCUT2D eigenvalue weighted by molar-refractivity contribution is 6.13. The number of pyridine rings is 1. The molecule has 5 rings (SSSR count). The van der Waals surface area contributed by atoms with Gasteiger partial charge in [-0.2, -0.15) is 0 Å². The number of nitrogens with one attached hydrogen (secondary N) is 1. The van der Waals surface area contributed by atoms with E-state index in [0.717, 1.165) is 44.3 Å². The summed E-state index contributed by atoms with van der Waals surface area (Å²) in [6.45, 7) is 2.07. The number of benzene rings is 3. The molecule has 2 aromatic heterocycles. The Morgan fingerprint density at radius 2 is 1.59 bits per heavy atom. The molecule has 0 amide bonds. The number of rotatable bonds is 2. The molecule has 2 nitrogen and oxygen atoms in total. The van der Waals surface area contributed by atoms with Crippen molar-refractivity contribution >= 4 is 21.9 Å². The number of hydrogen-bond donors (Lipinski definition) is 1. The van der Waals surface area contributed by atoms with Gasteiger partial charge in [0.05, 0.1) is 11.2 Å². The van der Waals surface area contributed by atoms with Gasteiger partial charge in [0.1, 0.15) is 11.5 Å². The van der Waals surface area contributed by atoms with Crippen molar-refractivity contribution in [2.24, 2.45) is 0 Å². The summed E-state index contributed by atoms with van der Waals surface area (Å²) < 4.78 is 13.7. The van der Waals surface area contributed by atoms with Crippen LogP contribution in [0.5, 0.6) is 0 Å². The lowest BCUT2D eigenvalue weighted by atomic mass is 9.98. The summed E-state index contributed by atoms with van der Waals surface area (Å²) in [6.07, 6.45) is 0. The molecule has 0 unspecified atom stereocenters. The molecule has 0 saturated carbocycles. The maximum atomic E-state index is 13.7. The topological polar surface area (TPSA) is 28.7 Å². The van der Waals surface area contributed by atoms with Crippen LogP contribution in [0.15, 0.2) is 78.9 Å². The Bertz CT molecular complexity index is 1270. The smallest absolute Gasteiger partial charge is 0.139 e. The van der Waals surface area contributed by atoms with Gasteiger partial charge in [-0.1, -0.05) is 60.2 Å². The molecule has 5 aromatic rings. The first kappa shape index (κ1) is 15.8. The lowest BCUT2D eigenvalue weighted by Crippen LogP contribution is -1.89. The van der Waals surface area contributed by atoms with Gasteiger partial charge < -0.3 is 4.98 Å². The van der Waals surface area contributed by atoms with Crippen molar-refractivity contribution in [3.8, 4) is 22.4 Å². The van der Waals surface area contributed by atoms with Crippen LogP contribution in [0.25, 0.3) is 44.3 Å². The summed E-state index contributed by atoms with van der Waals surface area (Å²) in [5.74, 6) is -0.255. The maximum absolute atomic E-state index is 13.7. The van der Waals surface area contributed by atoms with E-state index in [2.05, 4.69) is 54.4 Å². The third kappa shape index (κ3) is 2.68. The minimum Gasteiger partial charge on any atom is -0.339 e. The van der Waals surface area contributed by atoms with E-state index in [4.69, 9.17) is 4.98 Å². The van der Waals surface area contributed by atoms with Crippen LogP contribution in [-0.2, 0) is 0 Å². The first-order valence-corrected chi connectivity index (χ1v) is 8.93. The fourth-order valence-electron chi connectivity index (χ4n) is 3.59. The number of hydrogen-bond acceptors (Lipinski definition) is 1. The molecule has 0 saturated heterocycles. The third-order valence-corrected chi connectivity index (χ3v) is 4.96. The van der Waals surface area contributed by atoms with E-state index in [1.807, 2.05) is 24.3 Å². The largest absolute Gasteiger partial charge is 0.339 e. The summed E-state index contributed by atoms with van der Waals surface area (Å²) >= 11 is 0. The molecule has 0 aliphatic heterocycles. The average Bonchev–Trinajstić information content (AvgIpc) is 3.05. The lowest BCUT2D eigenvalue weighted by molar-refractivity contribution is 0.629. The summed E-state index contributed by atoms with van der Waals surface area (Å²) in [6, 6.07) is 25.6. The highest BCUT2D eigenvalue weighted by Gasteiger charge is 2.15. The predicted octanol–water partition coefficient (Wildman–Crippen LogP) is 6.50. The average molecular weight is 352 g/mol. The Hall–Kier alpha value is -3.46. The van der Waals surface area contributed by atoms with Crippen molar-refractivity contribution in [2.75, 3.05) is 0 Å². The second-order valence-corrected chi connectivity index (χ2v) is 6.83. The molecule has 0 bridgehead atoms. The minimum atomic E-state index is -0.255. The molecular formula is C24H17FN2. The second kappa shape index (κ2) is 6.06. The number of aryl methyl sites for hydroxylation is 1. The first-order chi connectivity index (χ1) is 13.2. The van der Waals surface area contributed by atoms with Crippen molar-refractivity contribution in [3.63, 3.8) is 0 Å². The van der Waals surface area contributed by atoms with Crippen LogP contribution in [0.2, 0.25) is 0 Å². The molecule has 0 atom stereocenters. The lowest BCUT2D eigenvalue weighted by Gasteiger charge is -2.09. The number of H-pyrrole nitrogens is 1. The van der Waals surface area contributed by atoms with Gasteiger partial charge >= 0.3 is 0 Å². The van der Waals surface area contributed by atoms with Gasteiger partial charge in [-0.3, -0.25) is 0 Å². The Labute approximate surface area is 156 Å². The maximum Gasteiger partial charge on any atom is 0.139 e. The first-order valence-electron chi connectivity index (χ1n) is 8.93. The summed E-state index contributed by atoms with van der Waals surface area (Å²) in [4.78, 5) is 8.15. The van der Waals surface area contributed by atoms with Crippen molar-refractivity contribution in [2.45, 2.75) is 6.92 Å². The monoisotopic (exact) mass is 352 g/mol. The van der Waals surface area contributed by atoms with Crippen LogP contribution in [0.1, 0.15) is 5.56 Å². The van der Waals surface area contributed by atoms with Gasteiger partial charge in [0.25, 0.3) is 0 Å². The van der Waals surface area contributed by atoms with E-state index in [1.165, 1.54) is 17.7 Å². The molecule has 27 heavy (non-hydrogen) atoms. The molecule has 3 heteroatoms. The highest BCUT2D eigenvalue weighted by atomic mass is 19.1. The molecule has 3 aromatic carbocycles. The molecule has 0 radical (unpaired) electrons. The van der Waals surface area contributed by atoms with E-state index in [9.17, 15) is 4.39 Å². The van der Waals surface area contributed by atoms with Crippen LogP contribution >= 0.6 is 0 Å². The van der Waals surface area contributed by atoms with E-state index in [1.54, 1.807) is 0 Å². The summed E-state index contributed by atoms with van der Waals surface area (Å²) in [5.41, 5.74) is 6.91. The predicted molar refractivity (Wildman–Crippen MR) is 109 cm³/mol. The van der Waals surface area contributed by atoms with E-state index in [0.29, 0.717) is 0 Å². The van der Waals surface area contributed by atoms with Gasteiger partial charge in [-0.05, 0) is 42.3 Å². The second-order valence-electron chi connectivity index (χ2n) is 6.83. The van der Waals surface area contributed by atoms with Crippen molar-refractivity contribution in [3.05, 3.63) is 90.2 Å². The molecule has 1 N–H and O–H groups in total.